The van der Waals surface area contributed by atoms with Gasteiger partial charge in [-0.05, 0) is 30.3 Å². The largest absolute Gasteiger partial charge is 0.497 e. The normalized spacial score (nSPS) is 10.3. The number of benzene rings is 2. The molecule has 0 radical (unpaired) electrons. The highest BCUT2D eigenvalue weighted by Crippen LogP contribution is 2.22. The van der Waals surface area contributed by atoms with Crippen molar-refractivity contribution in [2.24, 2.45) is 0 Å². The Labute approximate surface area is 122 Å². The van der Waals surface area contributed by atoms with Crippen LogP contribution in [0.1, 0.15) is 5.82 Å². The molecular formula is C16H14N2O3. The van der Waals surface area contributed by atoms with Gasteiger partial charge in [0.25, 0.3) is 5.89 Å². The lowest BCUT2D eigenvalue weighted by atomic mass is 10.2. The van der Waals surface area contributed by atoms with Crippen molar-refractivity contribution in [3.05, 3.63) is 60.4 Å². The second kappa shape index (κ2) is 6.09. The summed E-state index contributed by atoms with van der Waals surface area (Å²) in [7, 11) is 1.62. The lowest BCUT2D eigenvalue weighted by Gasteiger charge is -2.01. The Morgan fingerprint density at radius 3 is 2.62 bits per heavy atom. The minimum atomic E-state index is 0.261. The summed E-state index contributed by atoms with van der Waals surface area (Å²) in [6, 6.07) is 17.0. The van der Waals surface area contributed by atoms with Crippen molar-refractivity contribution < 1.29 is 14.0 Å². The topological polar surface area (TPSA) is 57.4 Å². The Morgan fingerprint density at radius 1 is 1.00 bits per heavy atom. The van der Waals surface area contributed by atoms with Crippen LogP contribution in [0.25, 0.3) is 11.5 Å². The molecule has 2 aromatic carbocycles. The molecule has 3 aromatic rings. The van der Waals surface area contributed by atoms with Gasteiger partial charge in [0.15, 0.2) is 6.61 Å². The van der Waals surface area contributed by atoms with Crippen LogP contribution < -0.4 is 9.47 Å². The van der Waals surface area contributed by atoms with Crippen molar-refractivity contribution in [1.29, 1.82) is 0 Å². The van der Waals surface area contributed by atoms with Crippen molar-refractivity contribution in [3.8, 4) is 23.0 Å². The quantitative estimate of drug-likeness (QED) is 0.718. The Bertz CT molecular complexity index is 710. The number of hydrogen-bond acceptors (Lipinski definition) is 5. The molecule has 1 heterocycles. The van der Waals surface area contributed by atoms with Gasteiger partial charge in [-0.25, -0.2) is 0 Å². The first kappa shape index (κ1) is 13.2. The van der Waals surface area contributed by atoms with E-state index in [4.69, 9.17) is 14.0 Å². The smallest absolute Gasteiger partial charge is 0.258 e. The summed E-state index contributed by atoms with van der Waals surface area (Å²) < 4.78 is 16.0. The van der Waals surface area contributed by atoms with Gasteiger partial charge in [0.2, 0.25) is 5.82 Å². The van der Waals surface area contributed by atoms with E-state index in [0.29, 0.717) is 11.7 Å². The average Bonchev–Trinajstić information content (AvgIpc) is 3.03. The minimum Gasteiger partial charge on any atom is -0.497 e. The Balaban J connectivity index is 1.71. The molecule has 0 fully saturated rings. The van der Waals surface area contributed by atoms with E-state index in [1.807, 2.05) is 54.6 Å². The molecule has 0 bridgehead atoms. The maximum atomic E-state index is 5.58. The fraction of sp³-hybridized carbons (Fsp3) is 0.125. The lowest BCUT2D eigenvalue weighted by molar-refractivity contribution is 0.287. The highest BCUT2D eigenvalue weighted by Gasteiger charge is 2.10. The van der Waals surface area contributed by atoms with Gasteiger partial charge in [-0.3, -0.25) is 0 Å². The van der Waals surface area contributed by atoms with Crippen LogP contribution in [0.15, 0.2) is 59.1 Å². The van der Waals surface area contributed by atoms with Gasteiger partial charge < -0.3 is 14.0 Å². The van der Waals surface area contributed by atoms with Crippen molar-refractivity contribution >= 4 is 0 Å². The zero-order valence-corrected chi connectivity index (χ0v) is 11.5. The summed E-state index contributed by atoms with van der Waals surface area (Å²) in [5.41, 5.74) is 0.813. The molecule has 0 N–H and O–H groups in total. The van der Waals surface area contributed by atoms with Crippen molar-refractivity contribution in [2.45, 2.75) is 6.61 Å². The van der Waals surface area contributed by atoms with Crippen molar-refractivity contribution in [2.75, 3.05) is 7.11 Å². The Kier molecular flexibility index (Phi) is 3.82. The standard InChI is InChI=1S/C16H14N2O3/c1-19-14-9-5-6-12(10-14)16-17-15(18-21-16)11-20-13-7-3-2-4-8-13/h2-10H,11H2,1H3. The van der Waals surface area contributed by atoms with E-state index in [0.717, 1.165) is 17.1 Å². The third-order valence-electron chi connectivity index (χ3n) is 2.90. The molecule has 0 saturated carbocycles. The lowest BCUT2D eigenvalue weighted by Crippen LogP contribution is -1.97. The molecular weight excluding hydrogens is 268 g/mol. The van der Waals surface area contributed by atoms with E-state index in [-0.39, 0.29) is 6.61 Å². The van der Waals surface area contributed by atoms with Crippen LogP contribution in [0, 0.1) is 0 Å². The number of aromatic nitrogens is 2. The van der Waals surface area contributed by atoms with Crippen LogP contribution in [0.3, 0.4) is 0 Å². The zero-order chi connectivity index (χ0) is 14.5. The van der Waals surface area contributed by atoms with Crippen molar-refractivity contribution in [1.82, 2.24) is 10.1 Å². The molecule has 0 saturated heterocycles. The zero-order valence-electron chi connectivity index (χ0n) is 11.5. The van der Waals surface area contributed by atoms with Crippen LogP contribution in [0.4, 0.5) is 0 Å². The molecule has 5 nitrogen and oxygen atoms in total. The Morgan fingerprint density at radius 2 is 1.81 bits per heavy atom. The molecule has 21 heavy (non-hydrogen) atoms. The first-order valence-corrected chi connectivity index (χ1v) is 6.50. The molecule has 3 rings (SSSR count). The second-order valence-corrected chi connectivity index (χ2v) is 4.35. The predicted octanol–water partition coefficient (Wildman–Crippen LogP) is 3.32. The van der Waals surface area contributed by atoms with Gasteiger partial charge >= 0.3 is 0 Å². The van der Waals surface area contributed by atoms with E-state index in [2.05, 4.69) is 10.1 Å². The van der Waals surface area contributed by atoms with Crippen LogP contribution in [-0.2, 0) is 6.61 Å². The number of methoxy groups -OCH3 is 1. The van der Waals surface area contributed by atoms with Gasteiger partial charge in [0.1, 0.15) is 11.5 Å². The van der Waals surface area contributed by atoms with Gasteiger partial charge in [-0.2, -0.15) is 4.98 Å². The molecule has 0 atom stereocenters. The van der Waals surface area contributed by atoms with Crippen LogP contribution in [0.2, 0.25) is 0 Å². The number of para-hydroxylation sites is 1. The van der Waals surface area contributed by atoms with Gasteiger partial charge in [-0.15, -0.1) is 0 Å². The van der Waals surface area contributed by atoms with E-state index >= 15 is 0 Å². The fourth-order valence-corrected chi connectivity index (χ4v) is 1.85. The van der Waals surface area contributed by atoms with E-state index in [1.165, 1.54) is 0 Å². The summed E-state index contributed by atoms with van der Waals surface area (Å²) in [5, 5.41) is 3.91. The van der Waals surface area contributed by atoms with Crippen molar-refractivity contribution in [3.63, 3.8) is 0 Å². The first-order valence-electron chi connectivity index (χ1n) is 6.50. The van der Waals surface area contributed by atoms with Gasteiger partial charge in [-0.1, -0.05) is 29.4 Å². The minimum absolute atomic E-state index is 0.261. The van der Waals surface area contributed by atoms with E-state index < -0.39 is 0 Å². The molecule has 1 aromatic heterocycles. The number of nitrogens with zero attached hydrogens (tertiary/aromatic N) is 2. The number of ether oxygens (including phenoxy) is 2. The molecule has 0 amide bonds. The third kappa shape index (κ3) is 3.20. The maximum absolute atomic E-state index is 5.58. The number of rotatable bonds is 5. The molecule has 5 heteroatoms. The molecule has 0 aliphatic rings. The third-order valence-corrected chi connectivity index (χ3v) is 2.90. The molecule has 0 unspecified atom stereocenters. The number of hydrogen-bond donors (Lipinski definition) is 0. The average molecular weight is 282 g/mol. The summed E-state index contributed by atoms with van der Waals surface area (Å²) >= 11 is 0. The van der Waals surface area contributed by atoms with Crippen LogP contribution in [0.5, 0.6) is 11.5 Å². The summed E-state index contributed by atoms with van der Waals surface area (Å²) in [6.45, 7) is 0.261. The molecule has 0 spiro atoms. The maximum Gasteiger partial charge on any atom is 0.258 e. The summed E-state index contributed by atoms with van der Waals surface area (Å²) in [4.78, 5) is 4.31. The second-order valence-electron chi connectivity index (χ2n) is 4.35. The van der Waals surface area contributed by atoms with Gasteiger partial charge in [0, 0.05) is 5.56 Å². The summed E-state index contributed by atoms with van der Waals surface area (Å²) in [6.07, 6.45) is 0. The van der Waals surface area contributed by atoms with Crippen LogP contribution in [-0.4, -0.2) is 17.3 Å². The first-order chi connectivity index (χ1) is 10.3. The van der Waals surface area contributed by atoms with E-state index in [9.17, 15) is 0 Å². The van der Waals surface area contributed by atoms with Gasteiger partial charge in [0.05, 0.1) is 7.11 Å². The highest BCUT2D eigenvalue weighted by molar-refractivity contribution is 5.55. The summed E-state index contributed by atoms with van der Waals surface area (Å²) in [5.74, 6) is 2.45. The highest BCUT2D eigenvalue weighted by atomic mass is 16.5. The Hall–Kier alpha value is -2.82. The molecule has 0 aliphatic carbocycles. The predicted molar refractivity (Wildman–Crippen MR) is 77.1 cm³/mol. The monoisotopic (exact) mass is 282 g/mol. The SMILES string of the molecule is COc1cccc(-c2nc(COc3ccccc3)no2)c1. The molecule has 0 aliphatic heterocycles. The van der Waals surface area contributed by atoms with Crippen LogP contribution >= 0.6 is 0 Å². The molecule has 106 valence electrons. The van der Waals surface area contributed by atoms with E-state index in [1.54, 1.807) is 7.11 Å². The fourth-order valence-electron chi connectivity index (χ4n) is 1.85.